The molecule has 1 aliphatic rings. The first-order valence-electron chi connectivity index (χ1n) is 6.81. The van der Waals surface area contributed by atoms with Crippen LogP contribution in [0, 0.1) is 5.92 Å². The molecule has 3 N–H and O–H groups in total. The molecule has 100 valence electrons. The van der Waals surface area contributed by atoms with E-state index >= 15 is 0 Å². The van der Waals surface area contributed by atoms with Crippen molar-refractivity contribution < 1.29 is 4.79 Å². The number of amides is 1. The van der Waals surface area contributed by atoms with Crippen LogP contribution in [0.5, 0.6) is 0 Å². The van der Waals surface area contributed by atoms with Gasteiger partial charge in [0.15, 0.2) is 0 Å². The Morgan fingerprint density at radius 1 is 1.47 bits per heavy atom. The van der Waals surface area contributed by atoms with Gasteiger partial charge in [0.05, 0.1) is 5.56 Å². The van der Waals surface area contributed by atoms with Gasteiger partial charge in [0.2, 0.25) is 0 Å². The highest BCUT2D eigenvalue weighted by Crippen LogP contribution is 2.24. The Bertz CT molecular complexity index is 617. The summed E-state index contributed by atoms with van der Waals surface area (Å²) in [6.45, 7) is 3.92. The van der Waals surface area contributed by atoms with Crippen LogP contribution in [0.3, 0.4) is 0 Å². The van der Waals surface area contributed by atoms with Gasteiger partial charge in [-0.25, -0.2) is 0 Å². The van der Waals surface area contributed by atoms with E-state index in [2.05, 4.69) is 11.9 Å². The third kappa shape index (κ3) is 2.18. The largest absolute Gasteiger partial charge is 0.399 e. The summed E-state index contributed by atoms with van der Waals surface area (Å²) in [5, 5.41) is 0.920. The molecular formula is C15H19N3O. The molecular weight excluding hydrogens is 238 g/mol. The second-order valence-electron chi connectivity index (χ2n) is 5.51. The van der Waals surface area contributed by atoms with Crippen LogP contribution < -0.4 is 5.73 Å². The van der Waals surface area contributed by atoms with Crippen LogP contribution in [-0.4, -0.2) is 28.9 Å². The van der Waals surface area contributed by atoms with E-state index in [9.17, 15) is 4.79 Å². The highest BCUT2D eigenvalue weighted by Gasteiger charge is 2.23. The number of nitrogen functional groups attached to an aromatic ring is 1. The Morgan fingerprint density at radius 3 is 3.11 bits per heavy atom. The molecule has 0 aliphatic carbocycles. The monoisotopic (exact) mass is 257 g/mol. The Hall–Kier alpha value is -1.97. The number of benzene rings is 1. The number of piperidine rings is 1. The molecule has 1 amide bonds. The van der Waals surface area contributed by atoms with Crippen LogP contribution in [-0.2, 0) is 0 Å². The molecule has 2 heterocycles. The minimum Gasteiger partial charge on any atom is -0.399 e. The molecule has 3 rings (SSSR count). The lowest BCUT2D eigenvalue weighted by Gasteiger charge is -2.30. The number of fused-ring (bicyclic) bond motifs is 1. The molecule has 1 aromatic heterocycles. The van der Waals surface area contributed by atoms with Crippen molar-refractivity contribution in [2.75, 3.05) is 18.8 Å². The Balaban J connectivity index is 1.95. The third-order valence-corrected chi connectivity index (χ3v) is 3.88. The topological polar surface area (TPSA) is 62.1 Å². The molecule has 1 saturated heterocycles. The van der Waals surface area contributed by atoms with Gasteiger partial charge < -0.3 is 15.6 Å². The summed E-state index contributed by atoms with van der Waals surface area (Å²) in [5.41, 5.74) is 8.20. The van der Waals surface area contributed by atoms with Crippen molar-refractivity contribution in [1.29, 1.82) is 0 Å². The maximum Gasteiger partial charge on any atom is 0.256 e. The molecule has 0 bridgehead atoms. The van der Waals surface area contributed by atoms with Crippen LogP contribution in [0.1, 0.15) is 30.1 Å². The fraction of sp³-hybridized carbons (Fsp3) is 0.400. The number of hydrogen-bond acceptors (Lipinski definition) is 2. The first kappa shape index (κ1) is 12.1. The molecule has 1 unspecified atom stereocenters. The van der Waals surface area contributed by atoms with Crippen molar-refractivity contribution >= 4 is 22.5 Å². The lowest BCUT2D eigenvalue weighted by molar-refractivity contribution is 0.0685. The Morgan fingerprint density at radius 2 is 2.32 bits per heavy atom. The summed E-state index contributed by atoms with van der Waals surface area (Å²) in [6.07, 6.45) is 4.10. The number of nitrogens with two attached hydrogens (primary N) is 1. The van der Waals surface area contributed by atoms with E-state index in [4.69, 9.17) is 5.73 Å². The number of H-pyrrole nitrogens is 1. The van der Waals surface area contributed by atoms with E-state index in [0.29, 0.717) is 11.6 Å². The standard InChI is InChI=1S/C15H19N3O/c1-10-3-2-6-18(9-10)15(19)13-8-17-14-5-4-11(16)7-12(13)14/h4-5,7-8,10,17H,2-3,6,9,16H2,1H3. The minimum atomic E-state index is 0.114. The quantitative estimate of drug-likeness (QED) is 0.771. The summed E-state index contributed by atoms with van der Waals surface area (Å²) < 4.78 is 0. The van der Waals surface area contributed by atoms with E-state index < -0.39 is 0 Å². The van der Waals surface area contributed by atoms with Crippen LogP contribution in [0.15, 0.2) is 24.4 Å². The molecule has 19 heavy (non-hydrogen) atoms. The van der Waals surface area contributed by atoms with Gasteiger partial charge >= 0.3 is 0 Å². The van der Waals surface area contributed by atoms with Gasteiger partial charge in [-0.3, -0.25) is 4.79 Å². The molecule has 1 aromatic carbocycles. The van der Waals surface area contributed by atoms with Gasteiger partial charge in [-0.15, -0.1) is 0 Å². The lowest BCUT2D eigenvalue weighted by Crippen LogP contribution is -2.39. The van der Waals surface area contributed by atoms with Crippen molar-refractivity contribution in [1.82, 2.24) is 9.88 Å². The second-order valence-corrected chi connectivity index (χ2v) is 5.51. The van der Waals surface area contributed by atoms with Crippen molar-refractivity contribution in [3.8, 4) is 0 Å². The van der Waals surface area contributed by atoms with Crippen molar-refractivity contribution in [2.45, 2.75) is 19.8 Å². The zero-order valence-electron chi connectivity index (χ0n) is 11.1. The molecule has 4 nitrogen and oxygen atoms in total. The number of nitrogens with zero attached hydrogens (tertiary/aromatic N) is 1. The molecule has 1 atom stereocenters. The number of carbonyl (C=O) groups is 1. The molecule has 0 saturated carbocycles. The lowest BCUT2D eigenvalue weighted by atomic mass is 9.99. The summed E-state index contributed by atoms with van der Waals surface area (Å²) >= 11 is 0. The number of carbonyl (C=O) groups excluding carboxylic acids is 1. The summed E-state index contributed by atoms with van der Waals surface area (Å²) in [5.74, 6) is 0.705. The Labute approximate surface area is 112 Å². The smallest absolute Gasteiger partial charge is 0.256 e. The van der Waals surface area contributed by atoms with Crippen LogP contribution in [0.4, 0.5) is 5.69 Å². The normalized spacial score (nSPS) is 19.8. The average Bonchev–Trinajstić information content (AvgIpc) is 2.80. The summed E-state index contributed by atoms with van der Waals surface area (Å²) in [4.78, 5) is 17.7. The van der Waals surface area contributed by atoms with Crippen molar-refractivity contribution in [3.63, 3.8) is 0 Å². The third-order valence-electron chi connectivity index (χ3n) is 3.88. The number of anilines is 1. The van der Waals surface area contributed by atoms with E-state index in [-0.39, 0.29) is 5.91 Å². The first-order chi connectivity index (χ1) is 9.15. The molecule has 2 aromatic rings. The number of likely N-dealkylation sites (tertiary alicyclic amines) is 1. The number of nitrogens with one attached hydrogen (secondary N) is 1. The van der Waals surface area contributed by atoms with Crippen LogP contribution in [0.2, 0.25) is 0 Å². The Kier molecular flexibility index (Phi) is 2.93. The van der Waals surface area contributed by atoms with Crippen LogP contribution >= 0.6 is 0 Å². The summed E-state index contributed by atoms with van der Waals surface area (Å²) in [7, 11) is 0. The molecule has 4 heteroatoms. The van der Waals surface area contributed by atoms with E-state index in [1.54, 1.807) is 6.20 Å². The van der Waals surface area contributed by atoms with E-state index in [0.717, 1.165) is 36.0 Å². The first-order valence-corrected chi connectivity index (χ1v) is 6.81. The fourth-order valence-corrected chi connectivity index (χ4v) is 2.86. The van der Waals surface area contributed by atoms with Gasteiger partial charge in [0, 0.05) is 35.9 Å². The zero-order chi connectivity index (χ0) is 13.4. The van der Waals surface area contributed by atoms with Gasteiger partial charge in [0.25, 0.3) is 5.91 Å². The number of rotatable bonds is 1. The van der Waals surface area contributed by atoms with Crippen LogP contribution in [0.25, 0.3) is 10.9 Å². The number of aromatic amines is 1. The van der Waals surface area contributed by atoms with Gasteiger partial charge in [-0.05, 0) is 37.0 Å². The van der Waals surface area contributed by atoms with E-state index in [1.807, 2.05) is 23.1 Å². The molecule has 0 spiro atoms. The fourth-order valence-electron chi connectivity index (χ4n) is 2.86. The predicted molar refractivity (Wildman–Crippen MR) is 77.0 cm³/mol. The van der Waals surface area contributed by atoms with Gasteiger partial charge in [-0.2, -0.15) is 0 Å². The van der Waals surface area contributed by atoms with Gasteiger partial charge in [-0.1, -0.05) is 6.92 Å². The predicted octanol–water partition coefficient (Wildman–Crippen LogP) is 2.62. The highest BCUT2D eigenvalue weighted by atomic mass is 16.2. The minimum absolute atomic E-state index is 0.114. The molecule has 1 fully saturated rings. The number of hydrogen-bond donors (Lipinski definition) is 2. The summed E-state index contributed by atoms with van der Waals surface area (Å²) in [6, 6.07) is 5.63. The van der Waals surface area contributed by atoms with Crippen molar-refractivity contribution in [3.05, 3.63) is 30.0 Å². The molecule has 1 aliphatic heterocycles. The maximum absolute atomic E-state index is 12.6. The highest BCUT2D eigenvalue weighted by molar-refractivity contribution is 6.07. The van der Waals surface area contributed by atoms with Crippen molar-refractivity contribution in [2.24, 2.45) is 5.92 Å². The number of aromatic nitrogens is 1. The second kappa shape index (κ2) is 4.61. The van der Waals surface area contributed by atoms with E-state index in [1.165, 1.54) is 6.42 Å². The molecule has 0 radical (unpaired) electrons. The zero-order valence-corrected chi connectivity index (χ0v) is 11.1. The SMILES string of the molecule is CC1CCCN(C(=O)c2c[nH]c3ccc(N)cc23)C1. The average molecular weight is 257 g/mol. The maximum atomic E-state index is 12.6. The van der Waals surface area contributed by atoms with Gasteiger partial charge in [0.1, 0.15) is 0 Å².